The Morgan fingerprint density at radius 3 is 2.35 bits per heavy atom. The Kier molecular flexibility index (Phi) is 4.37. The lowest BCUT2D eigenvalue weighted by atomic mass is 10.3. The molecule has 0 atom stereocenters. The van der Waals surface area contributed by atoms with Crippen LogP contribution in [0.25, 0.3) is 0 Å². The summed E-state index contributed by atoms with van der Waals surface area (Å²) in [5.74, 6) is 0.305. The standard InChI is InChI=1S/C12H10Cl2N2O3S/c1-19-9-2-3-10(12(14)11(9)13)20(17,18)16-8-4-6-15-7-5-8/h2-7H,1H3,(H,15,16). The Bertz CT molecular complexity index is 721. The van der Waals surface area contributed by atoms with E-state index in [-0.39, 0.29) is 14.9 Å². The molecule has 2 rings (SSSR count). The second kappa shape index (κ2) is 5.87. The summed E-state index contributed by atoms with van der Waals surface area (Å²) in [7, 11) is -2.42. The van der Waals surface area contributed by atoms with Gasteiger partial charge in [-0.3, -0.25) is 9.71 Å². The number of nitrogens with zero attached hydrogens (tertiary/aromatic N) is 1. The predicted octanol–water partition coefficient (Wildman–Crippen LogP) is 3.20. The van der Waals surface area contributed by atoms with E-state index in [0.717, 1.165) is 0 Å². The van der Waals surface area contributed by atoms with E-state index in [9.17, 15) is 8.42 Å². The number of rotatable bonds is 4. The molecule has 0 saturated heterocycles. The summed E-state index contributed by atoms with van der Waals surface area (Å²) in [6.45, 7) is 0. The fourth-order valence-corrected chi connectivity index (χ4v) is 3.41. The number of ether oxygens (including phenoxy) is 1. The highest BCUT2D eigenvalue weighted by atomic mass is 35.5. The lowest BCUT2D eigenvalue weighted by Gasteiger charge is -2.11. The van der Waals surface area contributed by atoms with Gasteiger partial charge in [-0.25, -0.2) is 8.42 Å². The van der Waals surface area contributed by atoms with E-state index in [4.69, 9.17) is 27.9 Å². The summed E-state index contributed by atoms with van der Waals surface area (Å²) in [6.07, 6.45) is 2.95. The molecule has 0 aliphatic carbocycles. The van der Waals surface area contributed by atoms with Crippen molar-refractivity contribution in [2.45, 2.75) is 4.90 Å². The molecule has 8 heteroatoms. The van der Waals surface area contributed by atoms with E-state index < -0.39 is 10.0 Å². The number of hydrogen-bond donors (Lipinski definition) is 1. The molecular formula is C12H10Cl2N2O3S. The number of benzene rings is 1. The van der Waals surface area contributed by atoms with Crippen LogP contribution < -0.4 is 9.46 Å². The highest BCUT2D eigenvalue weighted by Crippen LogP contribution is 2.37. The molecule has 1 heterocycles. The van der Waals surface area contributed by atoms with Gasteiger partial charge in [0.2, 0.25) is 0 Å². The molecule has 0 aliphatic heterocycles. The fraction of sp³-hybridized carbons (Fsp3) is 0.0833. The Balaban J connectivity index is 2.43. The molecule has 0 unspecified atom stereocenters. The maximum Gasteiger partial charge on any atom is 0.263 e. The first-order valence-corrected chi connectivity index (χ1v) is 7.64. The van der Waals surface area contributed by atoms with Crippen molar-refractivity contribution < 1.29 is 13.2 Å². The quantitative estimate of drug-likeness (QED) is 0.933. The fourth-order valence-electron chi connectivity index (χ4n) is 1.51. The van der Waals surface area contributed by atoms with Crippen molar-refractivity contribution >= 4 is 38.9 Å². The number of anilines is 1. The summed E-state index contributed by atoms with van der Waals surface area (Å²) < 4.78 is 31.9. The molecule has 0 radical (unpaired) electrons. The summed E-state index contributed by atoms with van der Waals surface area (Å²) in [6, 6.07) is 5.82. The van der Waals surface area contributed by atoms with Gasteiger partial charge in [-0.05, 0) is 24.3 Å². The highest BCUT2D eigenvalue weighted by Gasteiger charge is 2.21. The van der Waals surface area contributed by atoms with Gasteiger partial charge in [-0.15, -0.1) is 0 Å². The first kappa shape index (κ1) is 14.9. The topological polar surface area (TPSA) is 68.3 Å². The van der Waals surface area contributed by atoms with Gasteiger partial charge in [0.15, 0.2) is 0 Å². The van der Waals surface area contributed by atoms with Crippen LogP contribution in [0.5, 0.6) is 5.75 Å². The smallest absolute Gasteiger partial charge is 0.263 e. The molecular weight excluding hydrogens is 323 g/mol. The van der Waals surface area contributed by atoms with Gasteiger partial charge in [-0.2, -0.15) is 0 Å². The number of methoxy groups -OCH3 is 1. The van der Waals surface area contributed by atoms with Gasteiger partial charge in [0.05, 0.1) is 17.8 Å². The molecule has 0 saturated carbocycles. The molecule has 0 spiro atoms. The lowest BCUT2D eigenvalue weighted by Crippen LogP contribution is -2.13. The van der Waals surface area contributed by atoms with Gasteiger partial charge in [0.25, 0.3) is 10.0 Å². The monoisotopic (exact) mass is 332 g/mol. The van der Waals surface area contributed by atoms with Crippen LogP contribution in [0.2, 0.25) is 10.0 Å². The number of pyridine rings is 1. The van der Waals surface area contributed by atoms with Gasteiger partial charge in [-0.1, -0.05) is 23.2 Å². The largest absolute Gasteiger partial charge is 0.495 e. The molecule has 20 heavy (non-hydrogen) atoms. The Labute approximate surface area is 126 Å². The van der Waals surface area contributed by atoms with Crippen molar-refractivity contribution in [2.24, 2.45) is 0 Å². The second-order valence-electron chi connectivity index (χ2n) is 3.74. The van der Waals surface area contributed by atoms with E-state index in [2.05, 4.69) is 9.71 Å². The van der Waals surface area contributed by atoms with E-state index >= 15 is 0 Å². The van der Waals surface area contributed by atoms with Crippen LogP contribution in [0.4, 0.5) is 5.69 Å². The molecule has 5 nitrogen and oxygen atoms in total. The molecule has 106 valence electrons. The van der Waals surface area contributed by atoms with Crippen LogP contribution >= 0.6 is 23.2 Å². The van der Waals surface area contributed by atoms with Crippen LogP contribution in [0.15, 0.2) is 41.6 Å². The molecule has 0 amide bonds. The average molecular weight is 333 g/mol. The highest BCUT2D eigenvalue weighted by molar-refractivity contribution is 7.92. The Hall–Kier alpha value is -1.50. The Morgan fingerprint density at radius 2 is 1.75 bits per heavy atom. The zero-order valence-corrected chi connectivity index (χ0v) is 12.6. The second-order valence-corrected chi connectivity index (χ2v) is 6.14. The number of hydrogen-bond acceptors (Lipinski definition) is 4. The molecule has 1 aromatic carbocycles. The van der Waals surface area contributed by atoms with E-state index in [1.807, 2.05) is 0 Å². The van der Waals surface area contributed by atoms with E-state index in [0.29, 0.717) is 11.4 Å². The average Bonchev–Trinajstić information content (AvgIpc) is 2.42. The molecule has 2 aromatic rings. The van der Waals surface area contributed by atoms with E-state index in [1.165, 1.54) is 43.8 Å². The SMILES string of the molecule is COc1ccc(S(=O)(=O)Nc2ccncc2)c(Cl)c1Cl. The van der Waals surface area contributed by atoms with Crippen LogP contribution in [-0.2, 0) is 10.0 Å². The molecule has 1 N–H and O–H groups in total. The van der Waals surface area contributed by atoms with Crippen molar-refractivity contribution in [1.82, 2.24) is 4.98 Å². The Morgan fingerprint density at radius 1 is 1.10 bits per heavy atom. The predicted molar refractivity (Wildman–Crippen MR) is 78.1 cm³/mol. The number of halogens is 2. The molecule has 0 aliphatic rings. The number of aromatic nitrogens is 1. The number of nitrogens with one attached hydrogen (secondary N) is 1. The van der Waals surface area contributed by atoms with Crippen molar-refractivity contribution in [3.63, 3.8) is 0 Å². The van der Waals surface area contributed by atoms with Crippen LogP contribution in [0, 0.1) is 0 Å². The first-order chi connectivity index (χ1) is 9.45. The molecule has 0 fully saturated rings. The van der Waals surface area contributed by atoms with Crippen molar-refractivity contribution in [1.29, 1.82) is 0 Å². The zero-order chi connectivity index (χ0) is 14.8. The number of sulfonamides is 1. The zero-order valence-electron chi connectivity index (χ0n) is 10.3. The van der Waals surface area contributed by atoms with Gasteiger partial charge < -0.3 is 4.74 Å². The van der Waals surface area contributed by atoms with Crippen LogP contribution in [0.1, 0.15) is 0 Å². The van der Waals surface area contributed by atoms with Crippen LogP contribution in [0.3, 0.4) is 0 Å². The van der Waals surface area contributed by atoms with E-state index in [1.54, 1.807) is 0 Å². The van der Waals surface area contributed by atoms with Crippen molar-refractivity contribution in [3.05, 3.63) is 46.7 Å². The maximum absolute atomic E-state index is 12.3. The first-order valence-electron chi connectivity index (χ1n) is 5.40. The van der Waals surface area contributed by atoms with Crippen molar-refractivity contribution in [3.8, 4) is 5.75 Å². The lowest BCUT2D eigenvalue weighted by molar-refractivity contribution is 0.414. The third kappa shape index (κ3) is 2.98. The maximum atomic E-state index is 12.3. The summed E-state index contributed by atoms with van der Waals surface area (Å²) in [4.78, 5) is 3.68. The summed E-state index contributed by atoms with van der Waals surface area (Å²) >= 11 is 11.9. The third-order valence-corrected chi connectivity index (χ3v) is 4.85. The summed E-state index contributed by atoms with van der Waals surface area (Å²) in [5, 5.41) is -0.0423. The minimum atomic E-state index is -3.84. The van der Waals surface area contributed by atoms with Gasteiger partial charge in [0, 0.05) is 12.4 Å². The summed E-state index contributed by atoms with van der Waals surface area (Å²) in [5.41, 5.74) is 0.378. The normalized spacial score (nSPS) is 11.2. The van der Waals surface area contributed by atoms with Gasteiger partial charge in [0.1, 0.15) is 15.7 Å². The van der Waals surface area contributed by atoms with Crippen LogP contribution in [-0.4, -0.2) is 20.5 Å². The van der Waals surface area contributed by atoms with Crippen molar-refractivity contribution in [2.75, 3.05) is 11.8 Å². The minimum absolute atomic E-state index is 0.0479. The molecule has 1 aromatic heterocycles. The third-order valence-electron chi connectivity index (χ3n) is 2.45. The molecule has 0 bridgehead atoms. The minimum Gasteiger partial charge on any atom is -0.495 e. The van der Waals surface area contributed by atoms with Gasteiger partial charge >= 0.3 is 0 Å².